The highest BCUT2D eigenvalue weighted by atomic mass is 79.9. The van der Waals surface area contributed by atoms with Gasteiger partial charge in [0.25, 0.3) is 0 Å². The Bertz CT molecular complexity index is 514. The van der Waals surface area contributed by atoms with E-state index in [-0.39, 0.29) is 23.0 Å². The average Bonchev–Trinajstić information content (AvgIpc) is 2.28. The summed E-state index contributed by atoms with van der Waals surface area (Å²) in [6, 6.07) is 6.35. The molecule has 1 amide bonds. The Labute approximate surface area is 116 Å². The van der Waals surface area contributed by atoms with Gasteiger partial charge in [0.2, 0.25) is 5.91 Å². The van der Waals surface area contributed by atoms with Crippen LogP contribution in [0.4, 0.5) is 5.69 Å². The van der Waals surface area contributed by atoms with Crippen LogP contribution in [0, 0.1) is 11.3 Å². The third-order valence-electron chi connectivity index (χ3n) is 1.83. The highest BCUT2D eigenvalue weighted by molar-refractivity contribution is 9.10. The van der Waals surface area contributed by atoms with Crippen molar-refractivity contribution in [2.45, 2.75) is 0 Å². The van der Waals surface area contributed by atoms with Gasteiger partial charge in [-0.25, -0.2) is 4.79 Å². The van der Waals surface area contributed by atoms with E-state index in [1.807, 2.05) is 6.07 Å². The normalized spacial score (nSPS) is 9.56. The number of thioether (sulfide) groups is 1. The lowest BCUT2D eigenvalue weighted by Gasteiger charge is -2.06. The second-order valence-electron chi connectivity index (χ2n) is 3.23. The lowest BCUT2D eigenvalue weighted by molar-refractivity contribution is -0.113. The molecule has 1 aromatic rings. The predicted octanol–water partition coefficient (Wildman–Crippen LogP) is 2.34. The molecule has 0 unspecified atom stereocenters. The van der Waals surface area contributed by atoms with Crippen LogP contribution >= 0.6 is 27.7 Å². The van der Waals surface area contributed by atoms with Gasteiger partial charge in [-0.15, -0.1) is 11.8 Å². The molecule has 0 bridgehead atoms. The number of benzene rings is 1. The third kappa shape index (κ3) is 4.77. The molecule has 7 heteroatoms. The van der Waals surface area contributed by atoms with Gasteiger partial charge in [-0.3, -0.25) is 4.79 Å². The van der Waals surface area contributed by atoms with E-state index in [9.17, 15) is 9.59 Å². The fraction of sp³-hybridized carbons (Fsp3) is 0.182. The van der Waals surface area contributed by atoms with E-state index in [2.05, 4.69) is 21.2 Å². The van der Waals surface area contributed by atoms with Crippen LogP contribution in [0.3, 0.4) is 0 Å². The SMILES string of the molecule is N#CCSCC(=O)Nc1cc(Br)cc(C(=O)O)c1. The monoisotopic (exact) mass is 328 g/mol. The fourth-order valence-corrected chi connectivity index (χ4v) is 2.12. The number of hydrogen-bond donors (Lipinski definition) is 2. The quantitative estimate of drug-likeness (QED) is 0.809. The van der Waals surface area contributed by atoms with Crippen LogP contribution < -0.4 is 5.32 Å². The first-order valence-corrected chi connectivity index (χ1v) is 6.76. The van der Waals surface area contributed by atoms with Crippen LogP contribution in [-0.2, 0) is 4.79 Å². The number of amides is 1. The minimum atomic E-state index is -1.06. The first kappa shape index (κ1) is 14.5. The molecule has 1 rings (SSSR count). The van der Waals surface area contributed by atoms with Crippen LogP contribution in [-0.4, -0.2) is 28.5 Å². The second-order valence-corrected chi connectivity index (χ2v) is 5.13. The number of nitriles is 1. The molecule has 0 saturated carbocycles. The van der Waals surface area contributed by atoms with E-state index in [1.165, 1.54) is 23.9 Å². The summed E-state index contributed by atoms with van der Waals surface area (Å²) in [6.45, 7) is 0. The van der Waals surface area contributed by atoms with Crippen molar-refractivity contribution < 1.29 is 14.7 Å². The van der Waals surface area contributed by atoms with Crippen LogP contribution in [0.5, 0.6) is 0 Å². The van der Waals surface area contributed by atoms with E-state index in [0.29, 0.717) is 10.2 Å². The summed E-state index contributed by atoms with van der Waals surface area (Å²) in [5, 5.41) is 19.8. The molecule has 2 N–H and O–H groups in total. The van der Waals surface area contributed by atoms with Gasteiger partial charge < -0.3 is 10.4 Å². The van der Waals surface area contributed by atoms with Crippen LogP contribution in [0.1, 0.15) is 10.4 Å². The summed E-state index contributed by atoms with van der Waals surface area (Å²) in [5.41, 5.74) is 0.494. The first-order chi connectivity index (χ1) is 8.52. The van der Waals surface area contributed by atoms with E-state index in [0.717, 1.165) is 0 Å². The number of halogens is 1. The second kappa shape index (κ2) is 7.03. The molecule has 94 valence electrons. The van der Waals surface area contributed by atoms with Crippen LogP contribution in [0.2, 0.25) is 0 Å². The Morgan fingerprint density at radius 2 is 2.17 bits per heavy atom. The van der Waals surface area contributed by atoms with Gasteiger partial charge in [0.05, 0.1) is 23.1 Å². The zero-order valence-electron chi connectivity index (χ0n) is 9.14. The number of nitrogens with one attached hydrogen (secondary N) is 1. The van der Waals surface area contributed by atoms with E-state index < -0.39 is 5.97 Å². The average molecular weight is 329 g/mol. The Balaban J connectivity index is 2.70. The number of rotatable bonds is 5. The highest BCUT2D eigenvalue weighted by Crippen LogP contribution is 2.20. The molecule has 18 heavy (non-hydrogen) atoms. The summed E-state index contributed by atoms with van der Waals surface area (Å²) >= 11 is 4.37. The maximum Gasteiger partial charge on any atom is 0.335 e. The van der Waals surface area contributed by atoms with Crippen molar-refractivity contribution in [3.8, 4) is 6.07 Å². The largest absolute Gasteiger partial charge is 0.478 e. The number of carbonyl (C=O) groups excluding carboxylic acids is 1. The molecule has 5 nitrogen and oxygen atoms in total. The van der Waals surface area contributed by atoms with Crippen LogP contribution in [0.15, 0.2) is 22.7 Å². The first-order valence-electron chi connectivity index (χ1n) is 4.81. The van der Waals surface area contributed by atoms with Gasteiger partial charge in [-0.05, 0) is 18.2 Å². The van der Waals surface area contributed by atoms with Gasteiger partial charge >= 0.3 is 5.97 Å². The number of hydrogen-bond acceptors (Lipinski definition) is 4. The third-order valence-corrected chi connectivity index (χ3v) is 3.09. The Morgan fingerprint density at radius 1 is 1.44 bits per heavy atom. The Hall–Kier alpha value is -1.52. The smallest absolute Gasteiger partial charge is 0.335 e. The van der Waals surface area contributed by atoms with Crippen molar-refractivity contribution in [2.75, 3.05) is 16.8 Å². The minimum Gasteiger partial charge on any atom is -0.478 e. The molecule has 0 radical (unpaired) electrons. The minimum absolute atomic E-state index is 0.0874. The number of anilines is 1. The topological polar surface area (TPSA) is 90.2 Å². The molecule has 0 atom stereocenters. The van der Waals surface area contributed by atoms with Gasteiger partial charge in [-0.2, -0.15) is 5.26 Å². The Morgan fingerprint density at radius 3 is 2.78 bits per heavy atom. The summed E-state index contributed by atoms with van der Waals surface area (Å²) in [7, 11) is 0. The molecule has 0 heterocycles. The number of carbonyl (C=O) groups is 2. The predicted molar refractivity (Wildman–Crippen MR) is 72.7 cm³/mol. The summed E-state index contributed by atoms with van der Waals surface area (Å²) in [4.78, 5) is 22.3. The Kier molecular flexibility index (Phi) is 5.68. The molecular weight excluding hydrogens is 320 g/mol. The van der Waals surface area contributed by atoms with Gasteiger partial charge in [0, 0.05) is 10.2 Å². The number of aromatic carboxylic acids is 1. The van der Waals surface area contributed by atoms with Crippen molar-refractivity contribution in [2.24, 2.45) is 0 Å². The molecule has 1 aromatic carbocycles. The summed E-state index contributed by atoms with van der Waals surface area (Å²) < 4.78 is 0.572. The molecular formula is C11H9BrN2O3S. The van der Waals surface area contributed by atoms with Gasteiger partial charge in [-0.1, -0.05) is 15.9 Å². The fourth-order valence-electron chi connectivity index (χ4n) is 1.17. The lowest BCUT2D eigenvalue weighted by atomic mass is 10.2. The number of carboxylic acids is 1. The van der Waals surface area contributed by atoms with Crippen molar-refractivity contribution in [1.82, 2.24) is 0 Å². The number of carboxylic acid groups (broad SMARTS) is 1. The summed E-state index contributed by atoms with van der Waals surface area (Å²) in [5.74, 6) is -0.940. The van der Waals surface area contributed by atoms with Gasteiger partial charge in [0.15, 0.2) is 0 Å². The van der Waals surface area contributed by atoms with E-state index >= 15 is 0 Å². The van der Waals surface area contributed by atoms with Crippen molar-refractivity contribution in [3.05, 3.63) is 28.2 Å². The maximum atomic E-state index is 11.5. The molecule has 0 aliphatic carbocycles. The molecule has 0 aromatic heterocycles. The van der Waals surface area contributed by atoms with Gasteiger partial charge in [0.1, 0.15) is 0 Å². The van der Waals surface area contributed by atoms with Crippen molar-refractivity contribution in [1.29, 1.82) is 5.26 Å². The van der Waals surface area contributed by atoms with E-state index in [4.69, 9.17) is 10.4 Å². The standard InChI is InChI=1S/C11H9BrN2O3S/c12-8-3-7(11(16)17)4-9(5-8)14-10(15)6-18-2-1-13/h3-5H,2,6H2,(H,14,15)(H,16,17). The molecule has 0 saturated heterocycles. The molecule has 0 fully saturated rings. The van der Waals surface area contributed by atoms with Crippen LogP contribution in [0.25, 0.3) is 0 Å². The molecule has 0 spiro atoms. The zero-order chi connectivity index (χ0) is 13.5. The molecule has 0 aliphatic rings. The molecule has 0 aliphatic heterocycles. The maximum absolute atomic E-state index is 11.5. The van der Waals surface area contributed by atoms with Crippen molar-refractivity contribution in [3.63, 3.8) is 0 Å². The lowest BCUT2D eigenvalue weighted by Crippen LogP contribution is -2.14. The van der Waals surface area contributed by atoms with Crippen molar-refractivity contribution >= 4 is 45.3 Å². The zero-order valence-corrected chi connectivity index (χ0v) is 11.5. The van der Waals surface area contributed by atoms with E-state index in [1.54, 1.807) is 6.07 Å². The summed E-state index contributed by atoms with van der Waals surface area (Å²) in [6.07, 6.45) is 0. The highest BCUT2D eigenvalue weighted by Gasteiger charge is 2.08. The number of nitrogens with zero attached hydrogens (tertiary/aromatic N) is 1.